The predicted octanol–water partition coefficient (Wildman–Crippen LogP) is -0.0258. The summed E-state index contributed by atoms with van der Waals surface area (Å²) in [5.41, 5.74) is 0. The van der Waals surface area contributed by atoms with Crippen LogP contribution in [0.15, 0.2) is 10.9 Å². The number of hydrogen-bond acceptors (Lipinski definition) is 5. The van der Waals surface area contributed by atoms with E-state index in [1.54, 1.807) is 0 Å². The Morgan fingerprint density at radius 1 is 1.58 bits per heavy atom. The summed E-state index contributed by atoms with van der Waals surface area (Å²) in [5, 5.41) is 15.3. The molecule has 104 valence electrons. The van der Waals surface area contributed by atoms with Crippen LogP contribution in [0, 0.1) is 11.8 Å². The molecule has 0 spiro atoms. The number of nitrogens with one attached hydrogen (secondary N) is 1. The molecule has 2 amide bonds. The maximum atomic E-state index is 11.8. The number of urea groups is 1. The largest absolute Gasteiger partial charge is 0.481 e. The molecule has 8 nitrogen and oxygen atoms in total. The molecule has 1 aliphatic rings. The molecule has 1 aromatic rings. The quantitative estimate of drug-likeness (QED) is 0.794. The fourth-order valence-electron chi connectivity index (χ4n) is 2.15. The number of amides is 2. The molecule has 0 saturated carbocycles. The highest BCUT2D eigenvalue weighted by Gasteiger charge is 2.36. The SMILES string of the molecule is CC1CN(C(=O)NCCc2ncon2)CC1C(=O)O. The van der Waals surface area contributed by atoms with Crippen LogP contribution in [0.1, 0.15) is 12.7 Å². The highest BCUT2D eigenvalue weighted by Crippen LogP contribution is 2.22. The van der Waals surface area contributed by atoms with Crippen LogP contribution in [0.4, 0.5) is 4.79 Å². The Labute approximate surface area is 109 Å². The van der Waals surface area contributed by atoms with Crippen LogP contribution >= 0.6 is 0 Å². The van der Waals surface area contributed by atoms with Crippen LogP contribution in [-0.2, 0) is 11.2 Å². The van der Waals surface area contributed by atoms with E-state index < -0.39 is 11.9 Å². The predicted molar refractivity (Wildman–Crippen MR) is 63.3 cm³/mol. The first-order valence-electron chi connectivity index (χ1n) is 6.08. The monoisotopic (exact) mass is 268 g/mol. The number of likely N-dealkylation sites (tertiary alicyclic amines) is 1. The molecular weight excluding hydrogens is 252 g/mol. The van der Waals surface area contributed by atoms with E-state index in [0.29, 0.717) is 25.3 Å². The Bertz CT molecular complexity index is 448. The molecule has 1 fully saturated rings. The van der Waals surface area contributed by atoms with Crippen molar-refractivity contribution in [2.45, 2.75) is 13.3 Å². The van der Waals surface area contributed by atoms with Crippen molar-refractivity contribution < 1.29 is 19.2 Å². The molecule has 1 saturated heterocycles. The summed E-state index contributed by atoms with van der Waals surface area (Å²) in [7, 11) is 0. The van der Waals surface area contributed by atoms with Gasteiger partial charge in [-0.3, -0.25) is 4.79 Å². The number of carbonyl (C=O) groups excluding carboxylic acids is 1. The minimum absolute atomic E-state index is 0.0274. The van der Waals surface area contributed by atoms with E-state index in [1.165, 1.54) is 11.3 Å². The number of aromatic nitrogens is 2. The van der Waals surface area contributed by atoms with E-state index in [-0.39, 0.29) is 18.5 Å². The third kappa shape index (κ3) is 3.21. The number of rotatable bonds is 4. The molecule has 2 rings (SSSR count). The van der Waals surface area contributed by atoms with E-state index in [1.807, 2.05) is 6.92 Å². The smallest absolute Gasteiger partial charge is 0.317 e. The summed E-state index contributed by atoms with van der Waals surface area (Å²) in [4.78, 5) is 28.2. The van der Waals surface area contributed by atoms with Gasteiger partial charge in [-0.05, 0) is 5.92 Å². The maximum Gasteiger partial charge on any atom is 0.317 e. The van der Waals surface area contributed by atoms with Crippen LogP contribution < -0.4 is 5.32 Å². The van der Waals surface area contributed by atoms with Crippen molar-refractivity contribution in [1.82, 2.24) is 20.4 Å². The molecular formula is C11H16N4O4. The van der Waals surface area contributed by atoms with Gasteiger partial charge < -0.3 is 19.8 Å². The highest BCUT2D eigenvalue weighted by atomic mass is 16.5. The van der Waals surface area contributed by atoms with E-state index in [0.717, 1.165) is 0 Å². The molecule has 0 aromatic carbocycles. The summed E-state index contributed by atoms with van der Waals surface area (Å²) >= 11 is 0. The van der Waals surface area contributed by atoms with Crippen molar-refractivity contribution in [3.05, 3.63) is 12.2 Å². The lowest BCUT2D eigenvalue weighted by Crippen LogP contribution is -2.39. The summed E-state index contributed by atoms with van der Waals surface area (Å²) < 4.78 is 4.58. The van der Waals surface area contributed by atoms with Gasteiger partial charge >= 0.3 is 12.0 Å². The van der Waals surface area contributed by atoms with Gasteiger partial charge in [-0.15, -0.1) is 0 Å². The molecule has 0 bridgehead atoms. The third-order valence-electron chi connectivity index (χ3n) is 3.25. The highest BCUT2D eigenvalue weighted by molar-refractivity contribution is 5.77. The standard InChI is InChI=1S/C11H16N4O4/c1-7-4-15(5-8(7)10(16)17)11(18)12-3-2-9-13-6-19-14-9/h6-8H,2-5H2,1H3,(H,12,18)(H,16,17). The third-order valence-corrected chi connectivity index (χ3v) is 3.25. The van der Waals surface area contributed by atoms with E-state index in [2.05, 4.69) is 20.0 Å². The average Bonchev–Trinajstić information content (AvgIpc) is 2.98. The number of aliphatic carboxylic acids is 1. The fraction of sp³-hybridized carbons (Fsp3) is 0.636. The van der Waals surface area contributed by atoms with Crippen LogP contribution in [0.5, 0.6) is 0 Å². The molecule has 19 heavy (non-hydrogen) atoms. The Hall–Kier alpha value is -2.12. The molecule has 2 heterocycles. The number of carboxylic acids is 1. The second-order valence-electron chi connectivity index (χ2n) is 4.66. The van der Waals surface area contributed by atoms with Gasteiger partial charge in [0.25, 0.3) is 0 Å². The molecule has 1 aliphatic heterocycles. The summed E-state index contributed by atoms with van der Waals surface area (Å²) in [6.07, 6.45) is 1.71. The zero-order valence-electron chi connectivity index (χ0n) is 10.6. The lowest BCUT2D eigenvalue weighted by atomic mass is 9.99. The molecule has 0 radical (unpaired) electrons. The van der Waals surface area contributed by atoms with Gasteiger partial charge in [-0.25, -0.2) is 4.79 Å². The average molecular weight is 268 g/mol. The number of carbonyl (C=O) groups is 2. The van der Waals surface area contributed by atoms with Crippen molar-refractivity contribution in [1.29, 1.82) is 0 Å². The maximum absolute atomic E-state index is 11.8. The first-order valence-corrected chi connectivity index (χ1v) is 6.08. The lowest BCUT2D eigenvalue weighted by molar-refractivity contribution is -0.142. The van der Waals surface area contributed by atoms with Crippen LogP contribution in [0.25, 0.3) is 0 Å². The second kappa shape index (κ2) is 5.68. The molecule has 2 atom stereocenters. The zero-order chi connectivity index (χ0) is 13.8. The van der Waals surface area contributed by atoms with Gasteiger partial charge in [-0.2, -0.15) is 4.98 Å². The lowest BCUT2D eigenvalue weighted by Gasteiger charge is -2.16. The van der Waals surface area contributed by atoms with Gasteiger partial charge in [0.05, 0.1) is 5.92 Å². The Balaban J connectivity index is 1.76. The van der Waals surface area contributed by atoms with Gasteiger partial charge in [-0.1, -0.05) is 12.1 Å². The molecule has 1 aromatic heterocycles. The van der Waals surface area contributed by atoms with Crippen molar-refractivity contribution in [2.24, 2.45) is 11.8 Å². The van der Waals surface area contributed by atoms with E-state index in [4.69, 9.17) is 5.11 Å². The van der Waals surface area contributed by atoms with Crippen molar-refractivity contribution in [3.8, 4) is 0 Å². The number of nitrogens with zero attached hydrogens (tertiary/aromatic N) is 3. The summed E-state index contributed by atoms with van der Waals surface area (Å²) in [6.45, 7) is 2.95. The van der Waals surface area contributed by atoms with Crippen molar-refractivity contribution in [2.75, 3.05) is 19.6 Å². The Morgan fingerprint density at radius 2 is 2.37 bits per heavy atom. The first kappa shape index (κ1) is 13.3. The molecule has 2 N–H and O–H groups in total. The van der Waals surface area contributed by atoms with E-state index in [9.17, 15) is 9.59 Å². The van der Waals surface area contributed by atoms with Gasteiger partial charge in [0.2, 0.25) is 6.39 Å². The van der Waals surface area contributed by atoms with Gasteiger partial charge in [0, 0.05) is 26.1 Å². The number of carboxylic acid groups (broad SMARTS) is 1. The molecule has 0 aliphatic carbocycles. The first-order chi connectivity index (χ1) is 9.08. The van der Waals surface area contributed by atoms with Crippen LogP contribution in [0.3, 0.4) is 0 Å². The van der Waals surface area contributed by atoms with Crippen molar-refractivity contribution >= 4 is 12.0 Å². The Morgan fingerprint density at radius 3 is 2.95 bits per heavy atom. The summed E-state index contributed by atoms with van der Waals surface area (Å²) in [6, 6.07) is -0.251. The zero-order valence-corrected chi connectivity index (χ0v) is 10.6. The minimum Gasteiger partial charge on any atom is -0.481 e. The fourth-order valence-corrected chi connectivity index (χ4v) is 2.15. The van der Waals surface area contributed by atoms with Crippen molar-refractivity contribution in [3.63, 3.8) is 0 Å². The van der Waals surface area contributed by atoms with E-state index >= 15 is 0 Å². The summed E-state index contributed by atoms with van der Waals surface area (Å²) in [5.74, 6) is -0.837. The topological polar surface area (TPSA) is 109 Å². The Kier molecular flexibility index (Phi) is 3.98. The molecule has 2 unspecified atom stereocenters. The normalized spacial score (nSPS) is 22.5. The number of hydrogen-bond donors (Lipinski definition) is 2. The second-order valence-corrected chi connectivity index (χ2v) is 4.66. The van der Waals surface area contributed by atoms with Gasteiger partial charge in [0.1, 0.15) is 0 Å². The van der Waals surface area contributed by atoms with Gasteiger partial charge in [0.15, 0.2) is 5.82 Å². The van der Waals surface area contributed by atoms with Crippen LogP contribution in [-0.4, -0.2) is 51.8 Å². The minimum atomic E-state index is -0.852. The molecule has 8 heteroatoms. The van der Waals surface area contributed by atoms with Crippen LogP contribution in [0.2, 0.25) is 0 Å².